The molecule has 1 heterocycles. The fourth-order valence-electron chi connectivity index (χ4n) is 1.75. The molecule has 2 aromatic rings. The fourth-order valence-corrected chi connectivity index (χ4v) is 3.22. The highest BCUT2D eigenvalue weighted by molar-refractivity contribution is 7.19. The Hall–Kier alpha value is -1.04. The number of nitrogens with two attached hydrogens (primary N) is 1. The van der Waals surface area contributed by atoms with E-state index in [9.17, 15) is 0 Å². The molecule has 1 aromatic heterocycles. The van der Waals surface area contributed by atoms with Gasteiger partial charge in [0, 0.05) is 12.5 Å². The molecule has 0 spiro atoms. The summed E-state index contributed by atoms with van der Waals surface area (Å²) in [6, 6.07) is 1.73. The Kier molecular flexibility index (Phi) is 4.27. The first-order valence-electron chi connectivity index (χ1n) is 5.61. The van der Waals surface area contributed by atoms with Crippen molar-refractivity contribution in [2.24, 2.45) is 5.73 Å². The van der Waals surface area contributed by atoms with Crippen molar-refractivity contribution < 1.29 is 9.47 Å². The van der Waals surface area contributed by atoms with Crippen LogP contribution in [0.1, 0.15) is 11.4 Å². The van der Waals surface area contributed by atoms with Gasteiger partial charge in [0.1, 0.15) is 16.0 Å². The standard InChI is InChI=1S/C12H15ClN2O2S/c1-16-8-6-7(13)11(17-2)12-10(8)15-9(18-12)4-3-5-14/h6H,3-5,14H2,1-2H3. The van der Waals surface area contributed by atoms with Gasteiger partial charge in [0.15, 0.2) is 5.75 Å². The molecule has 0 aliphatic rings. The predicted molar refractivity (Wildman–Crippen MR) is 75.1 cm³/mol. The van der Waals surface area contributed by atoms with Gasteiger partial charge in [0.25, 0.3) is 0 Å². The molecule has 0 bridgehead atoms. The van der Waals surface area contributed by atoms with E-state index in [0.717, 1.165) is 28.1 Å². The molecule has 1 aromatic carbocycles. The summed E-state index contributed by atoms with van der Waals surface area (Å²) in [4.78, 5) is 4.57. The first-order chi connectivity index (χ1) is 8.71. The Morgan fingerprint density at radius 1 is 1.39 bits per heavy atom. The number of thiazole rings is 1. The molecule has 0 unspecified atom stereocenters. The number of ether oxygens (including phenoxy) is 2. The summed E-state index contributed by atoms with van der Waals surface area (Å²) in [5.41, 5.74) is 6.31. The van der Waals surface area contributed by atoms with Crippen LogP contribution in [0.25, 0.3) is 10.2 Å². The van der Waals surface area contributed by atoms with E-state index in [1.165, 1.54) is 0 Å². The van der Waals surface area contributed by atoms with Crippen molar-refractivity contribution >= 4 is 33.2 Å². The second-order valence-electron chi connectivity index (χ2n) is 3.77. The van der Waals surface area contributed by atoms with Crippen LogP contribution in [0.5, 0.6) is 11.5 Å². The molecule has 0 aliphatic carbocycles. The van der Waals surface area contributed by atoms with Crippen LogP contribution in [0.15, 0.2) is 6.07 Å². The summed E-state index contributed by atoms with van der Waals surface area (Å²) in [6.45, 7) is 0.658. The summed E-state index contributed by atoms with van der Waals surface area (Å²) in [5.74, 6) is 1.33. The predicted octanol–water partition coefficient (Wildman–Crippen LogP) is 2.86. The quantitative estimate of drug-likeness (QED) is 0.918. The van der Waals surface area contributed by atoms with E-state index in [1.807, 2.05) is 0 Å². The molecule has 98 valence electrons. The van der Waals surface area contributed by atoms with Crippen molar-refractivity contribution in [1.82, 2.24) is 4.98 Å². The molecule has 0 radical (unpaired) electrons. The Morgan fingerprint density at radius 3 is 2.78 bits per heavy atom. The first kappa shape index (κ1) is 13.4. The Bertz CT molecular complexity index is 556. The third-order valence-corrected chi connectivity index (χ3v) is 4.00. The third kappa shape index (κ3) is 2.39. The van der Waals surface area contributed by atoms with Crippen LogP contribution in [0.4, 0.5) is 0 Å². The molecule has 4 nitrogen and oxygen atoms in total. The number of halogens is 1. The van der Waals surface area contributed by atoms with E-state index in [-0.39, 0.29) is 0 Å². The summed E-state index contributed by atoms with van der Waals surface area (Å²) in [5, 5.41) is 1.56. The van der Waals surface area contributed by atoms with Gasteiger partial charge in [0.05, 0.1) is 24.2 Å². The largest absolute Gasteiger partial charge is 0.494 e. The molecule has 0 fully saturated rings. The van der Waals surface area contributed by atoms with Crippen LogP contribution in [0.2, 0.25) is 5.02 Å². The lowest BCUT2D eigenvalue weighted by Crippen LogP contribution is -1.99. The molecule has 0 saturated heterocycles. The summed E-state index contributed by atoms with van der Waals surface area (Å²) in [6.07, 6.45) is 1.78. The maximum atomic E-state index is 6.15. The van der Waals surface area contributed by atoms with E-state index in [2.05, 4.69) is 4.98 Å². The van der Waals surface area contributed by atoms with Gasteiger partial charge in [-0.15, -0.1) is 11.3 Å². The number of rotatable bonds is 5. The highest BCUT2D eigenvalue weighted by Gasteiger charge is 2.17. The van der Waals surface area contributed by atoms with Crippen molar-refractivity contribution in [2.45, 2.75) is 12.8 Å². The highest BCUT2D eigenvalue weighted by Crippen LogP contribution is 2.42. The van der Waals surface area contributed by atoms with Crippen molar-refractivity contribution in [1.29, 1.82) is 0 Å². The minimum absolute atomic E-state index is 0.538. The normalized spacial score (nSPS) is 10.9. The Morgan fingerprint density at radius 2 is 2.17 bits per heavy atom. The van der Waals surface area contributed by atoms with Gasteiger partial charge in [-0.25, -0.2) is 4.98 Å². The molecular formula is C12H15ClN2O2S. The average molecular weight is 287 g/mol. The molecule has 0 saturated carbocycles. The molecule has 6 heteroatoms. The van der Waals surface area contributed by atoms with Gasteiger partial charge in [-0.3, -0.25) is 0 Å². The van der Waals surface area contributed by atoms with Gasteiger partial charge in [0.2, 0.25) is 0 Å². The van der Waals surface area contributed by atoms with E-state index in [4.69, 9.17) is 26.8 Å². The second-order valence-corrected chi connectivity index (χ2v) is 5.26. The van der Waals surface area contributed by atoms with Crippen molar-refractivity contribution in [3.63, 3.8) is 0 Å². The van der Waals surface area contributed by atoms with Crippen LogP contribution in [-0.4, -0.2) is 25.7 Å². The average Bonchev–Trinajstić information content (AvgIpc) is 2.79. The summed E-state index contributed by atoms with van der Waals surface area (Å²) < 4.78 is 11.6. The number of methoxy groups -OCH3 is 2. The van der Waals surface area contributed by atoms with Gasteiger partial charge in [-0.05, 0) is 13.0 Å². The molecule has 0 atom stereocenters. The van der Waals surface area contributed by atoms with Gasteiger partial charge in [-0.1, -0.05) is 11.6 Å². The first-order valence-corrected chi connectivity index (χ1v) is 6.80. The van der Waals surface area contributed by atoms with Crippen LogP contribution in [0.3, 0.4) is 0 Å². The van der Waals surface area contributed by atoms with Crippen molar-refractivity contribution in [3.8, 4) is 11.5 Å². The number of aryl methyl sites for hydroxylation is 1. The van der Waals surface area contributed by atoms with Crippen LogP contribution in [0, 0.1) is 0 Å². The second kappa shape index (κ2) is 5.73. The Labute approximate surface area is 115 Å². The summed E-state index contributed by atoms with van der Waals surface area (Å²) in [7, 11) is 3.21. The minimum Gasteiger partial charge on any atom is -0.494 e. The molecule has 0 aliphatic heterocycles. The van der Waals surface area contributed by atoms with E-state index in [1.54, 1.807) is 31.6 Å². The van der Waals surface area contributed by atoms with Crippen molar-refractivity contribution in [2.75, 3.05) is 20.8 Å². The van der Waals surface area contributed by atoms with Gasteiger partial charge >= 0.3 is 0 Å². The zero-order chi connectivity index (χ0) is 13.1. The van der Waals surface area contributed by atoms with Crippen LogP contribution >= 0.6 is 22.9 Å². The maximum Gasteiger partial charge on any atom is 0.157 e. The lowest BCUT2D eigenvalue weighted by atomic mass is 10.3. The number of nitrogens with zero attached hydrogens (tertiary/aromatic N) is 1. The topological polar surface area (TPSA) is 57.4 Å². The van der Waals surface area contributed by atoms with E-state index >= 15 is 0 Å². The highest BCUT2D eigenvalue weighted by atomic mass is 35.5. The van der Waals surface area contributed by atoms with Crippen LogP contribution < -0.4 is 15.2 Å². The number of benzene rings is 1. The van der Waals surface area contributed by atoms with Gasteiger partial charge in [-0.2, -0.15) is 0 Å². The smallest absolute Gasteiger partial charge is 0.157 e. The van der Waals surface area contributed by atoms with Crippen LogP contribution in [-0.2, 0) is 6.42 Å². The van der Waals surface area contributed by atoms with Crippen molar-refractivity contribution in [3.05, 3.63) is 16.1 Å². The monoisotopic (exact) mass is 286 g/mol. The zero-order valence-electron chi connectivity index (χ0n) is 10.3. The Balaban J connectivity index is 2.56. The third-order valence-electron chi connectivity index (χ3n) is 2.60. The number of fused-ring (bicyclic) bond motifs is 1. The zero-order valence-corrected chi connectivity index (χ0v) is 11.9. The fraction of sp³-hybridized carbons (Fsp3) is 0.417. The molecule has 18 heavy (non-hydrogen) atoms. The minimum atomic E-state index is 0.538. The number of hydrogen-bond donors (Lipinski definition) is 1. The SMILES string of the molecule is COc1cc(Cl)c(OC)c2sc(CCCN)nc12. The lowest BCUT2D eigenvalue weighted by molar-refractivity contribution is 0.410. The molecule has 0 amide bonds. The van der Waals surface area contributed by atoms with Gasteiger partial charge < -0.3 is 15.2 Å². The molecular weight excluding hydrogens is 272 g/mol. The van der Waals surface area contributed by atoms with E-state index in [0.29, 0.717) is 23.1 Å². The lowest BCUT2D eigenvalue weighted by Gasteiger charge is -2.06. The molecule has 2 N–H and O–H groups in total. The maximum absolute atomic E-state index is 6.15. The van der Waals surface area contributed by atoms with E-state index < -0.39 is 0 Å². The number of hydrogen-bond acceptors (Lipinski definition) is 5. The molecule has 2 rings (SSSR count). The summed E-state index contributed by atoms with van der Waals surface area (Å²) >= 11 is 7.73. The number of aromatic nitrogens is 1.